The molecule has 1 fully saturated rings. The first-order valence-corrected chi connectivity index (χ1v) is 15.7. The number of nitriles is 1. The Morgan fingerprint density at radius 3 is 2.56 bits per heavy atom. The summed E-state index contributed by atoms with van der Waals surface area (Å²) >= 11 is 0. The second kappa shape index (κ2) is 16.6. The lowest BCUT2D eigenvalue weighted by Crippen LogP contribution is -2.37. The fraction of sp³-hybridized carbons (Fsp3) is 0.586. The minimum absolute atomic E-state index is 0.0212. The Kier molecular flexibility index (Phi) is 13.2. The number of rotatable bonds is 15. The smallest absolute Gasteiger partial charge is 0.434 e. The second-order valence-corrected chi connectivity index (χ2v) is 12.5. The van der Waals surface area contributed by atoms with Crippen molar-refractivity contribution in [2.45, 2.75) is 90.8 Å². The summed E-state index contributed by atoms with van der Waals surface area (Å²) in [6.07, 6.45) is -1.74. The van der Waals surface area contributed by atoms with Gasteiger partial charge in [-0.25, -0.2) is 14.3 Å². The molecule has 16 heteroatoms. The number of carbonyl (C=O) groups is 1. The lowest BCUT2D eigenvalue weighted by atomic mass is 10.0. The van der Waals surface area contributed by atoms with Gasteiger partial charge in [0, 0.05) is 47.8 Å². The number of aryl methyl sites for hydroxylation is 1. The maximum absolute atomic E-state index is 12.7. The molecule has 3 rings (SSSR count). The number of nitro benzene ring substituents is 1. The molecule has 2 heterocycles. The van der Waals surface area contributed by atoms with E-state index in [0.717, 1.165) is 0 Å². The molecule has 0 saturated carbocycles. The zero-order valence-corrected chi connectivity index (χ0v) is 27.1. The summed E-state index contributed by atoms with van der Waals surface area (Å²) < 4.78 is 32.6. The van der Waals surface area contributed by atoms with E-state index in [9.17, 15) is 24.5 Å². The molecule has 0 amide bonds. The van der Waals surface area contributed by atoms with Gasteiger partial charge in [0.25, 0.3) is 19.8 Å². The fourth-order valence-electron chi connectivity index (χ4n) is 4.89. The van der Waals surface area contributed by atoms with E-state index in [1.165, 1.54) is 16.8 Å². The van der Waals surface area contributed by atoms with Crippen molar-refractivity contribution in [3.8, 4) is 6.07 Å². The predicted molar refractivity (Wildman–Crippen MR) is 163 cm³/mol. The van der Waals surface area contributed by atoms with Crippen LogP contribution >= 0.6 is 8.53 Å². The Morgan fingerprint density at radius 2 is 1.91 bits per heavy atom. The maximum atomic E-state index is 12.7. The molecule has 15 nitrogen and oxygen atoms in total. The summed E-state index contributed by atoms with van der Waals surface area (Å²) in [6, 6.07) is 8.30. The van der Waals surface area contributed by atoms with E-state index in [0.29, 0.717) is 11.1 Å². The van der Waals surface area contributed by atoms with Gasteiger partial charge in [0.05, 0.1) is 30.1 Å². The molecule has 1 aromatic heterocycles. The highest BCUT2D eigenvalue weighted by Crippen LogP contribution is 2.50. The van der Waals surface area contributed by atoms with Crippen LogP contribution < -0.4 is 11.2 Å². The molecule has 45 heavy (non-hydrogen) atoms. The molecular formula is C29H40N5O10P. The molecule has 0 radical (unpaired) electrons. The van der Waals surface area contributed by atoms with Crippen LogP contribution in [-0.2, 0) is 23.3 Å². The minimum atomic E-state index is -1.70. The van der Waals surface area contributed by atoms with Gasteiger partial charge in [-0.15, -0.1) is 0 Å². The predicted octanol–water partition coefficient (Wildman–Crippen LogP) is 4.66. The van der Waals surface area contributed by atoms with Crippen LogP contribution in [0.25, 0.3) is 0 Å². The van der Waals surface area contributed by atoms with Crippen molar-refractivity contribution in [2.75, 3.05) is 19.8 Å². The molecular weight excluding hydrogens is 609 g/mol. The average Bonchev–Trinajstić information content (AvgIpc) is 3.38. The number of carbonyl (C=O) groups excluding carboxylic acids is 1. The number of H-pyrrole nitrogens is 1. The summed E-state index contributed by atoms with van der Waals surface area (Å²) in [4.78, 5) is 50.4. The van der Waals surface area contributed by atoms with Crippen molar-refractivity contribution in [2.24, 2.45) is 0 Å². The topological polar surface area (TPSA) is 188 Å². The standard InChI is InChI=1S/C29H40N5O10P/c1-18(2)33(19(3)4)45(42-13-9-12-30)44-24-14-26(32-15-20(5)27(35)31-28(32)36)43-25(24)17-41-29(37)40-16-21(6)22-10-7-8-11-23(22)34(38)39/h7-8,10-11,15,18-19,21,24-26H,9,13-14,16-17H2,1-6H3,(H,31,35,36)/t21-,24-,25+,26+,45?/m0/s1. The average molecular weight is 650 g/mol. The van der Waals surface area contributed by atoms with Crippen LogP contribution in [0.5, 0.6) is 0 Å². The van der Waals surface area contributed by atoms with Crippen LogP contribution in [0.4, 0.5) is 10.5 Å². The van der Waals surface area contributed by atoms with E-state index in [1.54, 1.807) is 32.0 Å². The number of hydrogen-bond acceptors (Lipinski definition) is 12. The van der Waals surface area contributed by atoms with E-state index >= 15 is 0 Å². The van der Waals surface area contributed by atoms with E-state index < -0.39 is 55.2 Å². The number of nitrogens with zero attached hydrogens (tertiary/aromatic N) is 4. The van der Waals surface area contributed by atoms with Gasteiger partial charge in [-0.3, -0.25) is 24.5 Å². The highest BCUT2D eigenvalue weighted by molar-refractivity contribution is 7.44. The largest absolute Gasteiger partial charge is 0.508 e. The molecule has 1 N–H and O–H groups in total. The number of hydrogen-bond donors (Lipinski definition) is 1. The van der Waals surface area contributed by atoms with Gasteiger partial charge in [0.1, 0.15) is 25.5 Å². The molecule has 1 unspecified atom stereocenters. The van der Waals surface area contributed by atoms with Gasteiger partial charge < -0.3 is 23.3 Å². The van der Waals surface area contributed by atoms with Crippen molar-refractivity contribution < 1.29 is 33.0 Å². The SMILES string of the molecule is Cc1cn([C@H]2C[C@H](OP(OCCC#N)N(C(C)C)C(C)C)[C@@H](COC(=O)OC[C@H](C)c3ccccc3[N+](=O)[O-])O2)c(=O)[nH]c1=O. The van der Waals surface area contributed by atoms with Gasteiger partial charge >= 0.3 is 11.8 Å². The van der Waals surface area contributed by atoms with Crippen molar-refractivity contribution in [1.82, 2.24) is 14.2 Å². The van der Waals surface area contributed by atoms with Crippen LogP contribution in [0, 0.1) is 28.4 Å². The Hall–Kier alpha value is -3.67. The van der Waals surface area contributed by atoms with Gasteiger partial charge in [-0.05, 0) is 34.6 Å². The second-order valence-electron chi connectivity index (χ2n) is 11.1. The van der Waals surface area contributed by atoms with Gasteiger partial charge in [-0.2, -0.15) is 5.26 Å². The zero-order valence-electron chi connectivity index (χ0n) is 26.2. The molecule has 246 valence electrons. The summed E-state index contributed by atoms with van der Waals surface area (Å²) in [5.41, 5.74) is -0.543. The first-order valence-electron chi connectivity index (χ1n) is 14.6. The Morgan fingerprint density at radius 1 is 1.22 bits per heavy atom. The van der Waals surface area contributed by atoms with Crippen LogP contribution in [0.15, 0.2) is 40.1 Å². The number of aromatic amines is 1. The summed E-state index contributed by atoms with van der Waals surface area (Å²) in [5.74, 6) is -0.482. The van der Waals surface area contributed by atoms with Gasteiger partial charge in [-0.1, -0.05) is 25.1 Å². The third kappa shape index (κ3) is 9.66. The van der Waals surface area contributed by atoms with Crippen molar-refractivity contribution >= 4 is 20.4 Å². The molecule has 1 saturated heterocycles. The van der Waals surface area contributed by atoms with Crippen molar-refractivity contribution in [3.05, 3.63) is 72.5 Å². The minimum Gasteiger partial charge on any atom is -0.434 e. The molecule has 1 aromatic carbocycles. The molecule has 5 atom stereocenters. The molecule has 1 aliphatic heterocycles. The van der Waals surface area contributed by atoms with Gasteiger partial charge in [0.15, 0.2) is 0 Å². The molecule has 0 aliphatic carbocycles. The third-order valence-corrected chi connectivity index (χ3v) is 9.16. The lowest BCUT2D eigenvalue weighted by molar-refractivity contribution is -0.385. The Balaban J connectivity index is 1.78. The first-order chi connectivity index (χ1) is 21.3. The highest BCUT2D eigenvalue weighted by Gasteiger charge is 2.42. The lowest BCUT2D eigenvalue weighted by Gasteiger charge is -2.37. The van der Waals surface area contributed by atoms with Crippen LogP contribution in [0.1, 0.15) is 70.7 Å². The molecule has 0 bridgehead atoms. The number of para-hydroxylation sites is 1. The highest BCUT2D eigenvalue weighted by atomic mass is 31.2. The number of nitro groups is 1. The summed E-state index contributed by atoms with van der Waals surface area (Å²) in [5, 5.41) is 20.4. The summed E-state index contributed by atoms with van der Waals surface area (Å²) in [6.45, 7) is 10.9. The molecule has 2 aromatic rings. The molecule has 1 aliphatic rings. The Bertz CT molecular complexity index is 1460. The van der Waals surface area contributed by atoms with Gasteiger partial charge in [0.2, 0.25) is 0 Å². The van der Waals surface area contributed by atoms with Crippen LogP contribution in [0.2, 0.25) is 0 Å². The Labute approximate surface area is 262 Å². The number of nitrogens with one attached hydrogen (secondary N) is 1. The zero-order chi connectivity index (χ0) is 33.3. The fourth-order valence-corrected chi connectivity index (χ4v) is 6.65. The van der Waals surface area contributed by atoms with E-state index in [1.807, 2.05) is 32.4 Å². The van der Waals surface area contributed by atoms with Crippen molar-refractivity contribution in [3.63, 3.8) is 0 Å². The van der Waals surface area contributed by atoms with Crippen LogP contribution in [0.3, 0.4) is 0 Å². The number of aromatic nitrogens is 2. The van der Waals surface area contributed by atoms with Crippen LogP contribution in [-0.4, -0.2) is 69.4 Å². The quantitative estimate of drug-likeness (QED) is 0.0925. The monoisotopic (exact) mass is 649 g/mol. The summed E-state index contributed by atoms with van der Waals surface area (Å²) in [7, 11) is -1.70. The third-order valence-electron chi connectivity index (χ3n) is 7.01. The first kappa shape index (κ1) is 35.8. The van der Waals surface area contributed by atoms with E-state index in [-0.39, 0.29) is 50.4 Å². The van der Waals surface area contributed by atoms with E-state index in [4.69, 9.17) is 28.5 Å². The molecule has 0 spiro atoms. The number of benzene rings is 1. The normalized spacial score (nSPS) is 19.4. The van der Waals surface area contributed by atoms with Crippen molar-refractivity contribution in [1.29, 1.82) is 5.26 Å². The maximum Gasteiger partial charge on any atom is 0.508 e. The van der Waals surface area contributed by atoms with E-state index in [2.05, 4.69) is 11.1 Å². The number of ether oxygens (including phenoxy) is 3.